The van der Waals surface area contributed by atoms with Gasteiger partial charge in [0.05, 0.1) is 11.4 Å². The Morgan fingerprint density at radius 1 is 0.647 bits per heavy atom. The van der Waals surface area contributed by atoms with E-state index in [1.165, 1.54) is 34.8 Å². The van der Waals surface area contributed by atoms with Gasteiger partial charge in [-0.2, -0.15) is 0 Å². The van der Waals surface area contributed by atoms with Gasteiger partial charge in [0, 0.05) is 23.2 Å². The number of rotatable bonds is 12. The van der Waals surface area contributed by atoms with Crippen LogP contribution < -0.4 is 0 Å². The molecule has 0 saturated heterocycles. The van der Waals surface area contributed by atoms with E-state index in [1.807, 2.05) is 0 Å². The maximum Gasteiger partial charge on any atom is 0.0704 e. The number of aliphatic imine (C=N–C) groups is 2. The lowest BCUT2D eigenvalue weighted by molar-refractivity contribution is 0.356. The van der Waals surface area contributed by atoms with Gasteiger partial charge in [-0.15, -0.1) is 0 Å². The highest BCUT2D eigenvalue weighted by Gasteiger charge is 2.16. The molecular formula is C32H46N2. The van der Waals surface area contributed by atoms with Crippen LogP contribution in [0.3, 0.4) is 0 Å². The average molecular weight is 459 g/mol. The number of fused-ring (bicyclic) bond motifs is 1. The van der Waals surface area contributed by atoms with E-state index in [0.29, 0.717) is 0 Å². The summed E-state index contributed by atoms with van der Waals surface area (Å²) in [6.07, 6.45) is 15.4. The van der Waals surface area contributed by atoms with Crippen LogP contribution in [0.4, 0.5) is 11.4 Å². The molecule has 0 heterocycles. The summed E-state index contributed by atoms with van der Waals surface area (Å²) in [5, 5.41) is 2.33. The Hall–Kier alpha value is -2.48. The molecule has 0 amide bonds. The Bertz CT molecular complexity index is 955. The Labute approximate surface area is 209 Å². The van der Waals surface area contributed by atoms with Gasteiger partial charge in [-0.05, 0) is 89.2 Å². The van der Waals surface area contributed by atoms with Crippen molar-refractivity contribution in [1.82, 2.24) is 0 Å². The van der Waals surface area contributed by atoms with Crippen molar-refractivity contribution in [1.29, 1.82) is 0 Å². The number of allylic oxidation sites excluding steroid dienone is 4. The van der Waals surface area contributed by atoms with Crippen LogP contribution in [0.5, 0.6) is 0 Å². The van der Waals surface area contributed by atoms with Crippen LogP contribution in [0, 0.1) is 10.8 Å². The maximum atomic E-state index is 4.87. The standard InChI is InChI=1S/C32H46N2/c1-25(2)13-11-19-31(5,6)21-23-33-29-17-9-16-28-27(29)15-10-18-30(28)34-24-22-32(7,8)20-12-14-26(3)4/h9-10,13-18,23-24H,11-12,19-22H2,1-8H3. The molecule has 0 unspecified atom stereocenters. The lowest BCUT2D eigenvalue weighted by Gasteiger charge is -2.21. The van der Waals surface area contributed by atoms with Crippen LogP contribution >= 0.6 is 0 Å². The van der Waals surface area contributed by atoms with Crippen LogP contribution in [0.2, 0.25) is 0 Å². The number of hydrogen-bond acceptors (Lipinski definition) is 2. The largest absolute Gasteiger partial charge is 0.261 e. The SMILES string of the molecule is CC(C)=CCCC(C)(C)CC=Nc1cccc2c(N=CCC(C)(C)CCC=C(C)C)cccc12. The first-order valence-corrected chi connectivity index (χ1v) is 12.8. The highest BCUT2D eigenvalue weighted by molar-refractivity contribution is 6.00. The van der Waals surface area contributed by atoms with Crippen molar-refractivity contribution in [3.05, 3.63) is 59.7 Å². The third-order valence-corrected chi connectivity index (χ3v) is 6.37. The summed E-state index contributed by atoms with van der Waals surface area (Å²) in [4.78, 5) is 9.75. The van der Waals surface area contributed by atoms with Crippen LogP contribution in [-0.2, 0) is 0 Å². The van der Waals surface area contributed by atoms with E-state index in [1.54, 1.807) is 0 Å². The van der Waals surface area contributed by atoms with Gasteiger partial charge in [0.25, 0.3) is 0 Å². The second kappa shape index (κ2) is 12.8. The highest BCUT2D eigenvalue weighted by atomic mass is 14.7. The zero-order chi connectivity index (χ0) is 25.2. The van der Waals surface area contributed by atoms with Gasteiger partial charge in [-0.1, -0.05) is 75.3 Å². The van der Waals surface area contributed by atoms with Crippen LogP contribution in [0.1, 0.15) is 93.9 Å². The van der Waals surface area contributed by atoms with Crippen molar-refractivity contribution in [2.75, 3.05) is 0 Å². The van der Waals surface area contributed by atoms with Gasteiger partial charge in [-0.25, -0.2) is 0 Å². The van der Waals surface area contributed by atoms with E-state index in [4.69, 9.17) is 9.98 Å². The fourth-order valence-electron chi connectivity index (χ4n) is 3.99. The quantitative estimate of drug-likeness (QED) is 0.223. The maximum absolute atomic E-state index is 4.87. The molecule has 0 atom stereocenters. The molecule has 0 aliphatic rings. The molecular weight excluding hydrogens is 412 g/mol. The molecule has 2 aromatic carbocycles. The van der Waals surface area contributed by atoms with Gasteiger partial charge in [0.2, 0.25) is 0 Å². The Morgan fingerprint density at radius 3 is 1.38 bits per heavy atom. The topological polar surface area (TPSA) is 24.7 Å². The van der Waals surface area contributed by atoms with E-state index < -0.39 is 0 Å². The predicted octanol–water partition coefficient (Wildman–Crippen LogP) is 10.6. The molecule has 2 heteroatoms. The summed E-state index contributed by atoms with van der Waals surface area (Å²) in [7, 11) is 0. The van der Waals surface area contributed by atoms with Crippen molar-refractivity contribution in [2.45, 2.75) is 93.9 Å². The average Bonchev–Trinajstić information content (AvgIpc) is 2.73. The zero-order valence-electron chi connectivity index (χ0n) is 22.9. The number of benzene rings is 2. The second-order valence-corrected chi connectivity index (χ2v) is 11.6. The smallest absolute Gasteiger partial charge is 0.0704 e. The molecule has 2 aromatic rings. The fourth-order valence-corrected chi connectivity index (χ4v) is 3.99. The minimum atomic E-state index is 0.244. The summed E-state index contributed by atoms with van der Waals surface area (Å²) < 4.78 is 0. The summed E-state index contributed by atoms with van der Waals surface area (Å²) in [6, 6.07) is 12.7. The Kier molecular flexibility index (Phi) is 10.5. The van der Waals surface area contributed by atoms with Crippen molar-refractivity contribution in [2.24, 2.45) is 20.8 Å². The molecule has 2 nitrogen and oxygen atoms in total. The van der Waals surface area contributed by atoms with Crippen LogP contribution in [0.15, 0.2) is 69.7 Å². The van der Waals surface area contributed by atoms with Gasteiger partial charge in [-0.3, -0.25) is 9.98 Å². The third-order valence-electron chi connectivity index (χ3n) is 6.37. The summed E-state index contributed by atoms with van der Waals surface area (Å²) in [5.74, 6) is 0. The molecule has 34 heavy (non-hydrogen) atoms. The first kappa shape index (κ1) is 27.8. The molecule has 0 aliphatic heterocycles. The molecule has 0 radical (unpaired) electrons. The highest BCUT2D eigenvalue weighted by Crippen LogP contribution is 2.34. The van der Waals surface area contributed by atoms with E-state index in [0.717, 1.165) is 37.1 Å². The van der Waals surface area contributed by atoms with E-state index in [2.05, 4.69) is 116 Å². The molecule has 0 spiro atoms. The van der Waals surface area contributed by atoms with Gasteiger partial charge < -0.3 is 0 Å². The van der Waals surface area contributed by atoms with Gasteiger partial charge in [0.1, 0.15) is 0 Å². The fraction of sp³-hybridized carbons (Fsp3) is 0.500. The van der Waals surface area contributed by atoms with E-state index >= 15 is 0 Å². The molecule has 0 bridgehead atoms. The Balaban J connectivity index is 2.11. The molecule has 2 rings (SSSR count). The minimum Gasteiger partial charge on any atom is -0.261 e. The van der Waals surface area contributed by atoms with Gasteiger partial charge in [0.15, 0.2) is 0 Å². The van der Waals surface area contributed by atoms with Crippen molar-refractivity contribution < 1.29 is 0 Å². The molecule has 0 saturated carbocycles. The first-order valence-electron chi connectivity index (χ1n) is 12.8. The zero-order valence-corrected chi connectivity index (χ0v) is 22.9. The monoisotopic (exact) mass is 458 g/mol. The minimum absolute atomic E-state index is 0.244. The van der Waals surface area contributed by atoms with E-state index in [9.17, 15) is 0 Å². The normalized spacial score (nSPS) is 12.6. The summed E-state index contributed by atoms with van der Waals surface area (Å²) in [5.41, 5.74) is 5.33. The van der Waals surface area contributed by atoms with Crippen molar-refractivity contribution >= 4 is 34.6 Å². The van der Waals surface area contributed by atoms with E-state index in [-0.39, 0.29) is 10.8 Å². The number of hydrogen-bond donors (Lipinski definition) is 0. The second-order valence-electron chi connectivity index (χ2n) is 11.6. The lowest BCUT2D eigenvalue weighted by atomic mass is 9.84. The van der Waals surface area contributed by atoms with Crippen molar-refractivity contribution in [3.63, 3.8) is 0 Å². The summed E-state index contributed by atoms with van der Waals surface area (Å²) in [6.45, 7) is 18.0. The third kappa shape index (κ3) is 9.79. The number of nitrogens with zero attached hydrogens (tertiary/aromatic N) is 2. The van der Waals surface area contributed by atoms with Crippen LogP contribution in [0.25, 0.3) is 10.8 Å². The lowest BCUT2D eigenvalue weighted by Crippen LogP contribution is -2.11. The molecule has 0 aliphatic carbocycles. The van der Waals surface area contributed by atoms with Crippen LogP contribution in [-0.4, -0.2) is 12.4 Å². The Morgan fingerprint density at radius 2 is 1.03 bits per heavy atom. The molecule has 184 valence electrons. The summed E-state index contributed by atoms with van der Waals surface area (Å²) >= 11 is 0. The predicted molar refractivity (Wildman–Crippen MR) is 154 cm³/mol. The molecule has 0 aromatic heterocycles. The van der Waals surface area contributed by atoms with Gasteiger partial charge >= 0.3 is 0 Å². The van der Waals surface area contributed by atoms with Crippen molar-refractivity contribution in [3.8, 4) is 0 Å². The molecule has 0 N–H and O–H groups in total. The molecule has 0 fully saturated rings. The first-order chi connectivity index (χ1) is 16.0.